The average Bonchev–Trinajstić information content (AvgIpc) is 2.47. The lowest BCUT2D eigenvalue weighted by atomic mass is 9.91. The van der Waals surface area contributed by atoms with E-state index < -0.39 is 11.6 Å². The van der Waals surface area contributed by atoms with Gasteiger partial charge in [0.05, 0.1) is 5.69 Å². The fourth-order valence-electron chi connectivity index (χ4n) is 2.90. The van der Waals surface area contributed by atoms with Crippen LogP contribution in [0.3, 0.4) is 0 Å². The predicted octanol–water partition coefficient (Wildman–Crippen LogP) is 4.20. The second-order valence-electron chi connectivity index (χ2n) is 5.90. The molecule has 1 aliphatic rings. The van der Waals surface area contributed by atoms with Crippen LogP contribution in [0, 0.1) is 23.0 Å². The molecular weight excluding hydrogens is 220 g/mol. The molecule has 0 amide bonds. The summed E-state index contributed by atoms with van der Waals surface area (Å²) in [5.74, 6) is -1.09. The summed E-state index contributed by atoms with van der Waals surface area (Å²) < 4.78 is 26.6. The van der Waals surface area contributed by atoms with Gasteiger partial charge in [0.2, 0.25) is 0 Å². The van der Waals surface area contributed by atoms with E-state index in [1.54, 1.807) is 6.07 Å². The minimum absolute atomic E-state index is 0.223. The van der Waals surface area contributed by atoms with Crippen LogP contribution in [0.1, 0.15) is 33.6 Å². The Hall–Kier alpha value is -1.12. The Balaban J connectivity index is 2.14. The first-order valence-corrected chi connectivity index (χ1v) is 6.09. The molecule has 0 bridgehead atoms. The highest BCUT2D eigenvalue weighted by molar-refractivity contribution is 5.46. The third-order valence-electron chi connectivity index (χ3n) is 3.63. The van der Waals surface area contributed by atoms with Crippen molar-refractivity contribution in [1.29, 1.82) is 0 Å². The SMILES string of the molecule is CC1CC(C)(C)CC1Nc1cccc(F)c1F. The van der Waals surface area contributed by atoms with Crippen molar-refractivity contribution >= 4 is 5.69 Å². The molecule has 1 saturated carbocycles. The Morgan fingerprint density at radius 2 is 1.94 bits per heavy atom. The van der Waals surface area contributed by atoms with Crippen LogP contribution >= 0.6 is 0 Å². The smallest absolute Gasteiger partial charge is 0.181 e. The highest BCUT2D eigenvalue weighted by Gasteiger charge is 2.36. The average molecular weight is 239 g/mol. The molecule has 0 aromatic heterocycles. The topological polar surface area (TPSA) is 12.0 Å². The monoisotopic (exact) mass is 239 g/mol. The zero-order valence-electron chi connectivity index (χ0n) is 10.6. The molecule has 1 nitrogen and oxygen atoms in total. The summed E-state index contributed by atoms with van der Waals surface area (Å²) in [6, 6.07) is 4.49. The van der Waals surface area contributed by atoms with Crippen LogP contribution in [0.25, 0.3) is 0 Å². The van der Waals surface area contributed by atoms with Crippen molar-refractivity contribution in [2.24, 2.45) is 11.3 Å². The fourth-order valence-corrected chi connectivity index (χ4v) is 2.90. The minimum atomic E-state index is -0.792. The lowest BCUT2D eigenvalue weighted by molar-refractivity contribution is 0.366. The number of nitrogens with one attached hydrogen (secondary N) is 1. The highest BCUT2D eigenvalue weighted by atomic mass is 19.2. The van der Waals surface area contributed by atoms with E-state index in [4.69, 9.17) is 0 Å². The van der Waals surface area contributed by atoms with Gasteiger partial charge < -0.3 is 5.32 Å². The summed E-state index contributed by atoms with van der Waals surface area (Å²) in [5.41, 5.74) is 0.556. The molecule has 0 saturated heterocycles. The molecule has 94 valence electrons. The molecule has 1 fully saturated rings. The summed E-state index contributed by atoms with van der Waals surface area (Å²) in [7, 11) is 0. The summed E-state index contributed by atoms with van der Waals surface area (Å²) in [6.45, 7) is 6.59. The van der Waals surface area contributed by atoms with Gasteiger partial charge in [-0.25, -0.2) is 8.78 Å². The Labute approximate surface area is 101 Å². The van der Waals surface area contributed by atoms with E-state index in [9.17, 15) is 8.78 Å². The molecule has 1 aliphatic carbocycles. The Morgan fingerprint density at radius 3 is 2.53 bits per heavy atom. The molecule has 0 radical (unpaired) electrons. The van der Waals surface area contributed by atoms with E-state index in [1.807, 2.05) is 0 Å². The zero-order valence-corrected chi connectivity index (χ0v) is 10.6. The van der Waals surface area contributed by atoms with Crippen LogP contribution in [0.2, 0.25) is 0 Å². The van der Waals surface area contributed by atoms with E-state index in [0.29, 0.717) is 5.92 Å². The number of anilines is 1. The second-order valence-corrected chi connectivity index (χ2v) is 5.90. The molecule has 17 heavy (non-hydrogen) atoms. The lowest BCUT2D eigenvalue weighted by Gasteiger charge is -2.20. The Bertz CT molecular complexity index is 415. The number of benzene rings is 1. The lowest BCUT2D eigenvalue weighted by Crippen LogP contribution is -2.23. The van der Waals surface area contributed by atoms with Gasteiger partial charge in [0.15, 0.2) is 11.6 Å². The second kappa shape index (κ2) is 4.28. The van der Waals surface area contributed by atoms with Crippen molar-refractivity contribution in [3.05, 3.63) is 29.8 Å². The third-order valence-corrected chi connectivity index (χ3v) is 3.63. The normalized spacial score (nSPS) is 27.1. The molecule has 3 heteroatoms. The van der Waals surface area contributed by atoms with Gasteiger partial charge >= 0.3 is 0 Å². The molecule has 0 spiro atoms. The number of halogens is 2. The quantitative estimate of drug-likeness (QED) is 0.815. The van der Waals surface area contributed by atoms with Gasteiger partial charge in [0.1, 0.15) is 0 Å². The first-order chi connectivity index (χ1) is 7.89. The molecular formula is C14H19F2N. The van der Waals surface area contributed by atoms with E-state index in [-0.39, 0.29) is 17.1 Å². The van der Waals surface area contributed by atoms with Crippen molar-refractivity contribution in [3.8, 4) is 0 Å². The van der Waals surface area contributed by atoms with Crippen LogP contribution in [-0.2, 0) is 0 Å². The summed E-state index contributed by atoms with van der Waals surface area (Å²) in [6.07, 6.45) is 2.10. The van der Waals surface area contributed by atoms with E-state index in [1.165, 1.54) is 6.07 Å². The standard InChI is InChI=1S/C14H19F2N/c1-9-7-14(2,3)8-12(9)17-11-6-4-5-10(15)13(11)16/h4-6,9,12,17H,7-8H2,1-3H3. The number of hydrogen-bond acceptors (Lipinski definition) is 1. The largest absolute Gasteiger partial charge is 0.380 e. The van der Waals surface area contributed by atoms with Crippen molar-refractivity contribution < 1.29 is 8.78 Å². The fraction of sp³-hybridized carbons (Fsp3) is 0.571. The minimum Gasteiger partial charge on any atom is -0.380 e. The van der Waals surface area contributed by atoms with Gasteiger partial charge in [-0.3, -0.25) is 0 Å². The zero-order chi connectivity index (χ0) is 12.6. The summed E-state index contributed by atoms with van der Waals surface area (Å²) in [5, 5.41) is 3.14. The summed E-state index contributed by atoms with van der Waals surface area (Å²) >= 11 is 0. The van der Waals surface area contributed by atoms with Gasteiger partial charge in [-0.05, 0) is 36.3 Å². The van der Waals surface area contributed by atoms with Crippen molar-refractivity contribution in [2.75, 3.05) is 5.32 Å². The molecule has 2 atom stereocenters. The van der Waals surface area contributed by atoms with Crippen LogP contribution in [0.5, 0.6) is 0 Å². The Kier molecular flexibility index (Phi) is 3.11. The number of hydrogen-bond donors (Lipinski definition) is 1. The van der Waals surface area contributed by atoms with Gasteiger partial charge in [0, 0.05) is 6.04 Å². The van der Waals surface area contributed by atoms with E-state index in [0.717, 1.165) is 18.9 Å². The van der Waals surface area contributed by atoms with Crippen LogP contribution in [0.4, 0.5) is 14.5 Å². The molecule has 2 unspecified atom stereocenters. The van der Waals surface area contributed by atoms with Crippen LogP contribution in [0.15, 0.2) is 18.2 Å². The van der Waals surface area contributed by atoms with Gasteiger partial charge in [0.25, 0.3) is 0 Å². The highest BCUT2D eigenvalue weighted by Crippen LogP contribution is 2.42. The molecule has 0 aliphatic heterocycles. The van der Waals surface area contributed by atoms with Crippen molar-refractivity contribution in [1.82, 2.24) is 0 Å². The molecule has 1 aromatic carbocycles. The van der Waals surface area contributed by atoms with E-state index in [2.05, 4.69) is 26.1 Å². The van der Waals surface area contributed by atoms with Gasteiger partial charge in [-0.1, -0.05) is 26.8 Å². The molecule has 1 N–H and O–H groups in total. The van der Waals surface area contributed by atoms with Gasteiger partial charge in [-0.2, -0.15) is 0 Å². The maximum atomic E-state index is 13.5. The van der Waals surface area contributed by atoms with E-state index >= 15 is 0 Å². The maximum Gasteiger partial charge on any atom is 0.181 e. The van der Waals surface area contributed by atoms with Crippen LogP contribution in [-0.4, -0.2) is 6.04 Å². The molecule has 0 heterocycles. The predicted molar refractivity (Wildman–Crippen MR) is 65.9 cm³/mol. The van der Waals surface area contributed by atoms with Crippen LogP contribution < -0.4 is 5.32 Å². The first-order valence-electron chi connectivity index (χ1n) is 6.09. The summed E-state index contributed by atoms with van der Waals surface area (Å²) in [4.78, 5) is 0. The van der Waals surface area contributed by atoms with Crippen molar-refractivity contribution in [2.45, 2.75) is 39.7 Å². The van der Waals surface area contributed by atoms with Gasteiger partial charge in [-0.15, -0.1) is 0 Å². The van der Waals surface area contributed by atoms with Crippen molar-refractivity contribution in [3.63, 3.8) is 0 Å². The Morgan fingerprint density at radius 1 is 1.24 bits per heavy atom. The molecule has 2 rings (SSSR count). The maximum absolute atomic E-state index is 13.5. The third kappa shape index (κ3) is 2.59. The first kappa shape index (κ1) is 12.3. The molecule has 1 aromatic rings. The number of rotatable bonds is 2.